The molecule has 118 valence electrons. The molecule has 21 heavy (non-hydrogen) atoms. The molecular formula is C14H20ClFN2O2S. The van der Waals surface area contributed by atoms with Crippen LogP contribution in [0.3, 0.4) is 0 Å². The van der Waals surface area contributed by atoms with Gasteiger partial charge in [0.2, 0.25) is 10.0 Å². The summed E-state index contributed by atoms with van der Waals surface area (Å²) in [6.07, 6.45) is 2.01. The van der Waals surface area contributed by atoms with Crippen LogP contribution < -0.4 is 5.32 Å². The number of hydrogen-bond acceptors (Lipinski definition) is 3. The third kappa shape index (κ3) is 4.51. The van der Waals surface area contributed by atoms with Crippen molar-refractivity contribution in [1.82, 2.24) is 9.62 Å². The van der Waals surface area contributed by atoms with E-state index >= 15 is 0 Å². The molecule has 1 aromatic rings. The van der Waals surface area contributed by atoms with Gasteiger partial charge in [-0.2, -0.15) is 4.31 Å². The monoisotopic (exact) mass is 334 g/mol. The summed E-state index contributed by atoms with van der Waals surface area (Å²) in [5.41, 5.74) is 0.680. The Labute approximate surface area is 131 Å². The van der Waals surface area contributed by atoms with Crippen LogP contribution in [-0.2, 0) is 10.0 Å². The SMILES string of the molecule is C=CCCS(=O)(=O)N1CCNCC1c1cccc(F)c1.Cl. The standard InChI is InChI=1S/C14H19FN2O2S.ClH/c1-2-3-9-20(18,19)17-8-7-16-11-14(17)12-5-4-6-13(15)10-12;/h2,4-6,10,14,16H,1,3,7-9,11H2;1H. The first kappa shape index (κ1) is 18.1. The lowest BCUT2D eigenvalue weighted by Crippen LogP contribution is -2.49. The van der Waals surface area contributed by atoms with E-state index in [2.05, 4.69) is 11.9 Å². The van der Waals surface area contributed by atoms with Crippen molar-refractivity contribution in [2.24, 2.45) is 0 Å². The fraction of sp³-hybridized carbons (Fsp3) is 0.429. The molecule has 0 saturated carbocycles. The molecule has 0 aliphatic carbocycles. The van der Waals surface area contributed by atoms with E-state index in [9.17, 15) is 12.8 Å². The van der Waals surface area contributed by atoms with Crippen molar-refractivity contribution in [2.45, 2.75) is 12.5 Å². The van der Waals surface area contributed by atoms with Crippen LogP contribution in [0.4, 0.5) is 4.39 Å². The van der Waals surface area contributed by atoms with E-state index in [4.69, 9.17) is 0 Å². The lowest BCUT2D eigenvalue weighted by Gasteiger charge is -2.35. The Kier molecular flexibility index (Phi) is 6.80. The Morgan fingerprint density at radius 2 is 2.24 bits per heavy atom. The highest BCUT2D eigenvalue weighted by Crippen LogP contribution is 2.26. The summed E-state index contributed by atoms with van der Waals surface area (Å²) < 4.78 is 39.6. The summed E-state index contributed by atoms with van der Waals surface area (Å²) in [7, 11) is -3.36. The smallest absolute Gasteiger partial charge is 0.215 e. The number of nitrogens with one attached hydrogen (secondary N) is 1. The van der Waals surface area contributed by atoms with Gasteiger partial charge in [-0.05, 0) is 24.1 Å². The van der Waals surface area contributed by atoms with Crippen LogP contribution in [0.5, 0.6) is 0 Å². The lowest BCUT2D eigenvalue weighted by atomic mass is 10.1. The molecule has 0 aromatic heterocycles. The molecule has 1 saturated heterocycles. The third-order valence-corrected chi connectivity index (χ3v) is 5.27. The topological polar surface area (TPSA) is 49.4 Å². The number of hydrogen-bond donors (Lipinski definition) is 1. The second-order valence-corrected chi connectivity index (χ2v) is 6.82. The molecule has 1 aliphatic heterocycles. The van der Waals surface area contributed by atoms with E-state index in [0.717, 1.165) is 0 Å². The molecule has 1 fully saturated rings. The molecule has 0 amide bonds. The second kappa shape index (κ2) is 7.89. The minimum absolute atomic E-state index is 0. The zero-order valence-electron chi connectivity index (χ0n) is 11.7. The number of rotatable bonds is 5. The number of allylic oxidation sites excluding steroid dienone is 1. The summed E-state index contributed by atoms with van der Waals surface area (Å²) in [6, 6.07) is 5.77. The number of sulfonamides is 1. The molecule has 1 heterocycles. The summed E-state index contributed by atoms with van der Waals surface area (Å²) in [5, 5.41) is 3.16. The van der Waals surface area contributed by atoms with Gasteiger partial charge in [0.05, 0.1) is 11.8 Å². The van der Waals surface area contributed by atoms with Gasteiger partial charge in [-0.15, -0.1) is 19.0 Å². The number of nitrogens with zero attached hydrogens (tertiary/aromatic N) is 1. The van der Waals surface area contributed by atoms with Crippen molar-refractivity contribution in [3.8, 4) is 0 Å². The molecule has 1 aromatic carbocycles. The van der Waals surface area contributed by atoms with Crippen LogP contribution >= 0.6 is 12.4 Å². The van der Waals surface area contributed by atoms with Gasteiger partial charge in [0, 0.05) is 19.6 Å². The van der Waals surface area contributed by atoms with E-state index < -0.39 is 10.0 Å². The first-order valence-corrected chi connectivity index (χ1v) is 8.22. The maximum Gasteiger partial charge on any atom is 0.215 e. The maximum atomic E-state index is 13.3. The predicted octanol–water partition coefficient (Wildman–Crippen LogP) is 2.10. The number of benzene rings is 1. The largest absolute Gasteiger partial charge is 0.313 e. The molecule has 1 aliphatic rings. The van der Waals surface area contributed by atoms with E-state index in [0.29, 0.717) is 31.6 Å². The van der Waals surface area contributed by atoms with Gasteiger partial charge < -0.3 is 5.32 Å². The molecule has 1 unspecified atom stereocenters. The van der Waals surface area contributed by atoms with Crippen molar-refractivity contribution in [3.63, 3.8) is 0 Å². The Hall–Kier alpha value is -0.950. The predicted molar refractivity (Wildman–Crippen MR) is 84.6 cm³/mol. The Morgan fingerprint density at radius 1 is 1.48 bits per heavy atom. The molecule has 7 heteroatoms. The summed E-state index contributed by atoms with van der Waals surface area (Å²) in [5.74, 6) is -0.306. The van der Waals surface area contributed by atoms with Crippen LogP contribution in [0.25, 0.3) is 0 Å². The minimum atomic E-state index is -3.36. The Morgan fingerprint density at radius 3 is 2.90 bits per heavy atom. The number of piperazine rings is 1. The second-order valence-electron chi connectivity index (χ2n) is 4.78. The van der Waals surface area contributed by atoms with Crippen molar-refractivity contribution in [1.29, 1.82) is 0 Å². The molecule has 1 atom stereocenters. The molecular weight excluding hydrogens is 315 g/mol. The molecule has 0 spiro atoms. The maximum absolute atomic E-state index is 13.3. The van der Waals surface area contributed by atoms with Gasteiger partial charge in [-0.3, -0.25) is 0 Å². The zero-order chi connectivity index (χ0) is 14.6. The van der Waals surface area contributed by atoms with E-state index in [1.807, 2.05) is 0 Å². The highest BCUT2D eigenvalue weighted by atomic mass is 35.5. The summed E-state index contributed by atoms with van der Waals surface area (Å²) in [6.45, 7) is 5.06. The first-order chi connectivity index (χ1) is 9.54. The van der Waals surface area contributed by atoms with Crippen molar-refractivity contribution >= 4 is 22.4 Å². The van der Waals surface area contributed by atoms with Gasteiger partial charge in [0.1, 0.15) is 5.82 Å². The van der Waals surface area contributed by atoms with Crippen LogP contribution in [-0.4, -0.2) is 38.1 Å². The van der Waals surface area contributed by atoms with Crippen molar-refractivity contribution < 1.29 is 12.8 Å². The third-order valence-electron chi connectivity index (χ3n) is 3.36. The van der Waals surface area contributed by atoms with Crippen LogP contribution in [0.15, 0.2) is 36.9 Å². The fourth-order valence-electron chi connectivity index (χ4n) is 2.37. The molecule has 0 bridgehead atoms. The highest BCUT2D eigenvalue weighted by Gasteiger charge is 2.32. The normalized spacial score (nSPS) is 19.8. The summed E-state index contributed by atoms with van der Waals surface area (Å²) in [4.78, 5) is 0. The average Bonchev–Trinajstić information content (AvgIpc) is 2.45. The van der Waals surface area contributed by atoms with Crippen molar-refractivity contribution in [2.75, 3.05) is 25.4 Å². The van der Waals surface area contributed by atoms with E-state index in [1.165, 1.54) is 16.4 Å². The molecule has 4 nitrogen and oxygen atoms in total. The molecule has 1 N–H and O–H groups in total. The molecule has 0 radical (unpaired) electrons. The van der Waals surface area contributed by atoms with Gasteiger partial charge in [-0.1, -0.05) is 18.2 Å². The fourth-order valence-corrected chi connectivity index (χ4v) is 4.02. The van der Waals surface area contributed by atoms with Crippen LogP contribution in [0.1, 0.15) is 18.0 Å². The Balaban J connectivity index is 0.00000220. The Bertz CT molecular complexity index is 580. The van der Waals surface area contributed by atoms with Gasteiger partial charge in [0.15, 0.2) is 0 Å². The highest BCUT2D eigenvalue weighted by molar-refractivity contribution is 7.89. The van der Waals surface area contributed by atoms with E-state index in [1.54, 1.807) is 18.2 Å². The zero-order valence-corrected chi connectivity index (χ0v) is 13.3. The lowest BCUT2D eigenvalue weighted by molar-refractivity contribution is 0.271. The van der Waals surface area contributed by atoms with Gasteiger partial charge in [0.25, 0.3) is 0 Å². The van der Waals surface area contributed by atoms with Crippen LogP contribution in [0, 0.1) is 5.82 Å². The average molecular weight is 335 g/mol. The van der Waals surface area contributed by atoms with Crippen molar-refractivity contribution in [3.05, 3.63) is 48.3 Å². The van der Waals surface area contributed by atoms with Gasteiger partial charge in [-0.25, -0.2) is 12.8 Å². The van der Waals surface area contributed by atoms with Crippen LogP contribution in [0.2, 0.25) is 0 Å². The van der Waals surface area contributed by atoms with E-state index in [-0.39, 0.29) is 30.0 Å². The number of halogens is 2. The first-order valence-electron chi connectivity index (χ1n) is 6.61. The quantitative estimate of drug-likeness (QED) is 0.839. The summed E-state index contributed by atoms with van der Waals surface area (Å²) >= 11 is 0. The van der Waals surface area contributed by atoms with Gasteiger partial charge >= 0.3 is 0 Å². The minimum Gasteiger partial charge on any atom is -0.313 e. The molecule has 2 rings (SSSR count).